The second-order valence-electron chi connectivity index (χ2n) is 6.64. The molecule has 2 aromatic rings. The Bertz CT molecular complexity index is 937. The summed E-state index contributed by atoms with van der Waals surface area (Å²) in [5.41, 5.74) is 1.13. The fourth-order valence-electron chi connectivity index (χ4n) is 2.91. The maximum Gasteiger partial charge on any atom is 0.271 e. The minimum Gasteiger partial charge on any atom is -0.378 e. The van der Waals surface area contributed by atoms with Crippen molar-refractivity contribution >= 4 is 38.9 Å². The number of ether oxygens (including phenoxy) is 1. The fraction of sp³-hybridized carbons (Fsp3) is 0.368. The Morgan fingerprint density at radius 1 is 1.17 bits per heavy atom. The zero-order valence-electron chi connectivity index (χ0n) is 16.0. The molecule has 1 atom stereocenters. The summed E-state index contributed by atoms with van der Waals surface area (Å²) in [7, 11) is -3.60. The molecule has 0 saturated carbocycles. The Balaban J connectivity index is 1.52. The molecule has 8 nitrogen and oxygen atoms in total. The largest absolute Gasteiger partial charge is 0.378 e. The van der Waals surface area contributed by atoms with Gasteiger partial charge in [-0.05, 0) is 36.1 Å². The molecule has 0 spiro atoms. The lowest BCUT2D eigenvalue weighted by molar-refractivity contribution is -0.139. The van der Waals surface area contributed by atoms with E-state index in [0.29, 0.717) is 37.6 Å². The van der Waals surface area contributed by atoms with Gasteiger partial charge in [-0.15, -0.1) is 11.3 Å². The van der Waals surface area contributed by atoms with Crippen LogP contribution >= 0.6 is 11.3 Å². The predicted molar refractivity (Wildman–Crippen MR) is 110 cm³/mol. The van der Waals surface area contributed by atoms with Gasteiger partial charge >= 0.3 is 0 Å². The first kappa shape index (κ1) is 21.3. The summed E-state index contributed by atoms with van der Waals surface area (Å²) in [5, 5.41) is 4.41. The minimum absolute atomic E-state index is 0.0959. The van der Waals surface area contributed by atoms with E-state index in [1.165, 1.54) is 6.07 Å². The third-order valence-electron chi connectivity index (χ3n) is 4.40. The van der Waals surface area contributed by atoms with E-state index in [9.17, 15) is 18.0 Å². The summed E-state index contributed by atoms with van der Waals surface area (Å²) >= 11 is 1.14. The molecule has 1 saturated heterocycles. The summed E-state index contributed by atoms with van der Waals surface area (Å²) < 4.78 is 32.4. The highest BCUT2D eigenvalue weighted by atomic mass is 32.2. The first-order chi connectivity index (χ1) is 13.8. The van der Waals surface area contributed by atoms with E-state index in [1.54, 1.807) is 47.5 Å². The number of rotatable bonds is 7. The second kappa shape index (κ2) is 9.38. The summed E-state index contributed by atoms with van der Waals surface area (Å²) in [6.45, 7) is 3.74. The van der Waals surface area contributed by atoms with E-state index in [2.05, 4.69) is 10.0 Å². The molecule has 1 unspecified atom stereocenters. The highest BCUT2D eigenvalue weighted by molar-refractivity contribution is 7.94. The van der Waals surface area contributed by atoms with Gasteiger partial charge in [-0.1, -0.05) is 18.2 Å². The molecule has 0 aliphatic carbocycles. The van der Waals surface area contributed by atoms with Crippen molar-refractivity contribution in [3.05, 3.63) is 47.3 Å². The Kier molecular flexibility index (Phi) is 6.88. The molecule has 2 heterocycles. The smallest absolute Gasteiger partial charge is 0.271 e. The van der Waals surface area contributed by atoms with Gasteiger partial charge < -0.3 is 15.0 Å². The molecule has 3 rings (SSSR count). The lowest BCUT2D eigenvalue weighted by Crippen LogP contribution is -2.50. The Labute approximate surface area is 173 Å². The van der Waals surface area contributed by atoms with Crippen molar-refractivity contribution in [1.82, 2.24) is 10.2 Å². The van der Waals surface area contributed by atoms with Crippen LogP contribution in [0.25, 0.3) is 0 Å². The van der Waals surface area contributed by atoms with Gasteiger partial charge in [-0.2, -0.15) is 0 Å². The first-order valence-corrected chi connectivity index (χ1v) is 11.5. The number of benzene rings is 1. The van der Waals surface area contributed by atoms with Crippen molar-refractivity contribution in [1.29, 1.82) is 0 Å². The number of sulfonamides is 1. The topological polar surface area (TPSA) is 105 Å². The molecule has 10 heteroatoms. The number of anilines is 1. The summed E-state index contributed by atoms with van der Waals surface area (Å²) in [5.74, 6) is -0.397. The zero-order valence-corrected chi connectivity index (χ0v) is 17.6. The highest BCUT2D eigenvalue weighted by Crippen LogP contribution is 2.20. The molecule has 29 heavy (non-hydrogen) atoms. The van der Waals surface area contributed by atoms with E-state index >= 15 is 0 Å². The number of nitrogens with zero attached hydrogens (tertiary/aromatic N) is 1. The van der Waals surface area contributed by atoms with Crippen molar-refractivity contribution in [2.45, 2.75) is 23.6 Å². The van der Waals surface area contributed by atoms with Gasteiger partial charge in [0.2, 0.25) is 11.8 Å². The van der Waals surface area contributed by atoms with Crippen LogP contribution in [-0.4, -0.2) is 57.5 Å². The number of hydrogen-bond donors (Lipinski definition) is 2. The number of nitrogens with one attached hydrogen (secondary N) is 2. The van der Waals surface area contributed by atoms with Gasteiger partial charge in [-0.3, -0.25) is 14.3 Å². The lowest BCUT2D eigenvalue weighted by atomic mass is 10.1. The van der Waals surface area contributed by atoms with Crippen LogP contribution in [0.15, 0.2) is 46.0 Å². The molecule has 2 N–H and O–H groups in total. The van der Waals surface area contributed by atoms with Crippen molar-refractivity contribution in [2.24, 2.45) is 0 Å². The van der Waals surface area contributed by atoms with Crippen LogP contribution in [0.2, 0.25) is 0 Å². The lowest BCUT2D eigenvalue weighted by Gasteiger charge is -2.29. The predicted octanol–water partition coefficient (Wildman–Crippen LogP) is 1.45. The monoisotopic (exact) mass is 437 g/mol. The van der Waals surface area contributed by atoms with Gasteiger partial charge in [0.25, 0.3) is 10.0 Å². The van der Waals surface area contributed by atoms with Crippen molar-refractivity contribution in [2.75, 3.05) is 31.0 Å². The molecule has 1 aromatic carbocycles. The molecule has 0 bridgehead atoms. The Morgan fingerprint density at radius 2 is 1.86 bits per heavy atom. The number of carbonyl (C=O) groups is 2. The maximum atomic E-state index is 12.4. The second-order valence-corrected chi connectivity index (χ2v) is 9.50. The van der Waals surface area contributed by atoms with Crippen LogP contribution in [0.1, 0.15) is 12.5 Å². The van der Waals surface area contributed by atoms with E-state index < -0.39 is 16.1 Å². The van der Waals surface area contributed by atoms with Crippen LogP contribution in [-0.2, 0) is 30.8 Å². The normalized spacial score (nSPS) is 15.6. The summed E-state index contributed by atoms with van der Waals surface area (Å²) in [6, 6.07) is 9.17. The van der Waals surface area contributed by atoms with Crippen LogP contribution in [0.3, 0.4) is 0 Å². The van der Waals surface area contributed by atoms with Crippen LogP contribution in [0.4, 0.5) is 5.69 Å². The van der Waals surface area contributed by atoms with E-state index in [-0.39, 0.29) is 22.4 Å². The Hall–Kier alpha value is -2.43. The van der Waals surface area contributed by atoms with Crippen molar-refractivity contribution in [3.63, 3.8) is 0 Å². The van der Waals surface area contributed by atoms with Crippen LogP contribution in [0, 0.1) is 0 Å². The minimum atomic E-state index is -3.60. The zero-order chi connectivity index (χ0) is 20.9. The molecule has 1 fully saturated rings. The van der Waals surface area contributed by atoms with Crippen LogP contribution < -0.4 is 10.0 Å². The average Bonchev–Trinajstić information content (AvgIpc) is 3.25. The summed E-state index contributed by atoms with van der Waals surface area (Å²) in [4.78, 5) is 26.3. The van der Waals surface area contributed by atoms with Crippen LogP contribution in [0.5, 0.6) is 0 Å². The van der Waals surface area contributed by atoms with Crippen molar-refractivity contribution in [3.8, 4) is 0 Å². The SMILES string of the molecule is CC(NC(=O)Cc1ccc(NS(=O)(=O)c2cccs2)cc1)C(=O)N1CCOCC1. The Morgan fingerprint density at radius 3 is 2.48 bits per heavy atom. The van der Waals surface area contributed by atoms with E-state index in [0.717, 1.165) is 11.3 Å². The highest BCUT2D eigenvalue weighted by Gasteiger charge is 2.23. The molecular weight excluding hydrogens is 414 g/mol. The van der Waals surface area contributed by atoms with Gasteiger partial charge in [0.05, 0.1) is 19.6 Å². The third-order valence-corrected chi connectivity index (χ3v) is 7.18. The van der Waals surface area contributed by atoms with Gasteiger partial charge in [0.1, 0.15) is 10.3 Å². The molecule has 2 amide bonds. The number of hydrogen-bond acceptors (Lipinski definition) is 6. The standard InChI is InChI=1S/C19H23N3O5S2/c1-14(19(24)22-8-10-27-11-9-22)20-17(23)13-15-4-6-16(7-5-15)21-29(25,26)18-3-2-12-28-18/h2-7,12,14,21H,8-11,13H2,1H3,(H,20,23). The number of amides is 2. The van der Waals surface area contributed by atoms with Gasteiger partial charge in [0.15, 0.2) is 0 Å². The number of carbonyl (C=O) groups excluding carboxylic acids is 2. The number of thiophene rings is 1. The number of morpholine rings is 1. The summed E-state index contributed by atoms with van der Waals surface area (Å²) in [6.07, 6.45) is 0.0959. The van der Waals surface area contributed by atoms with Crippen molar-refractivity contribution < 1.29 is 22.7 Å². The molecule has 1 aliphatic rings. The quantitative estimate of drug-likeness (QED) is 0.682. The third kappa shape index (κ3) is 5.78. The molecule has 0 radical (unpaired) electrons. The van der Waals surface area contributed by atoms with Gasteiger partial charge in [-0.25, -0.2) is 8.42 Å². The fourth-order valence-corrected chi connectivity index (χ4v) is 4.96. The van der Waals surface area contributed by atoms with E-state index in [4.69, 9.17) is 4.74 Å². The molecular formula is C19H23N3O5S2. The molecule has 1 aromatic heterocycles. The average molecular weight is 438 g/mol. The first-order valence-electron chi connectivity index (χ1n) is 9.16. The van der Waals surface area contributed by atoms with Gasteiger partial charge in [0, 0.05) is 18.8 Å². The van der Waals surface area contributed by atoms with E-state index in [1.807, 2.05) is 0 Å². The molecule has 156 valence electrons. The maximum absolute atomic E-state index is 12.4. The molecule has 1 aliphatic heterocycles.